The molecule has 1 aromatic carbocycles. The van der Waals surface area contributed by atoms with Crippen LogP contribution in [-0.2, 0) is 6.54 Å². The zero-order valence-electron chi connectivity index (χ0n) is 11.0. The molecule has 1 heterocycles. The van der Waals surface area contributed by atoms with Gasteiger partial charge in [0.25, 0.3) is 0 Å². The van der Waals surface area contributed by atoms with E-state index in [4.69, 9.17) is 5.11 Å². The highest BCUT2D eigenvalue weighted by Gasteiger charge is 2.06. The minimum absolute atomic E-state index is 0.306. The first-order chi connectivity index (χ1) is 9.08. The zero-order chi connectivity index (χ0) is 13.8. The van der Waals surface area contributed by atoms with Crippen LogP contribution in [0, 0.1) is 13.8 Å². The molecule has 0 amide bonds. The third-order valence-corrected chi connectivity index (χ3v) is 3.09. The number of carbonyl (C=O) groups is 1. The number of hydrogen-bond acceptors (Lipinski definition) is 3. The SMILES string of the molecule is Cc1ccncc1CNc1ccc(C(=O)O)cc1C. The molecule has 0 saturated carbocycles. The van der Waals surface area contributed by atoms with Gasteiger partial charge in [0.15, 0.2) is 0 Å². The van der Waals surface area contributed by atoms with Crippen molar-refractivity contribution < 1.29 is 9.90 Å². The Morgan fingerprint density at radius 2 is 2.05 bits per heavy atom. The number of nitrogens with one attached hydrogen (secondary N) is 1. The van der Waals surface area contributed by atoms with E-state index in [1.165, 1.54) is 5.56 Å². The molecule has 4 nitrogen and oxygen atoms in total. The minimum Gasteiger partial charge on any atom is -0.478 e. The molecule has 0 aliphatic rings. The van der Waals surface area contributed by atoms with Gasteiger partial charge in [0.2, 0.25) is 0 Å². The lowest BCUT2D eigenvalue weighted by Gasteiger charge is -2.11. The molecule has 19 heavy (non-hydrogen) atoms. The van der Waals surface area contributed by atoms with Gasteiger partial charge in [-0.05, 0) is 54.8 Å². The Morgan fingerprint density at radius 1 is 1.26 bits per heavy atom. The lowest BCUT2D eigenvalue weighted by atomic mass is 10.1. The molecule has 2 N–H and O–H groups in total. The van der Waals surface area contributed by atoms with Crippen molar-refractivity contribution in [1.82, 2.24) is 4.98 Å². The Bertz CT molecular complexity index is 609. The first-order valence-electron chi connectivity index (χ1n) is 6.05. The Labute approximate surface area is 112 Å². The monoisotopic (exact) mass is 256 g/mol. The quantitative estimate of drug-likeness (QED) is 0.882. The van der Waals surface area contributed by atoms with E-state index in [2.05, 4.69) is 10.3 Å². The lowest BCUT2D eigenvalue weighted by molar-refractivity contribution is 0.0697. The van der Waals surface area contributed by atoms with Gasteiger partial charge < -0.3 is 10.4 Å². The summed E-state index contributed by atoms with van der Waals surface area (Å²) in [5.74, 6) is -0.905. The Hall–Kier alpha value is -2.36. The Morgan fingerprint density at radius 3 is 2.68 bits per heavy atom. The van der Waals surface area contributed by atoms with Gasteiger partial charge in [-0.2, -0.15) is 0 Å². The van der Waals surface area contributed by atoms with Crippen LogP contribution < -0.4 is 5.32 Å². The standard InChI is InChI=1S/C15H16N2O2/c1-10-5-6-16-8-13(10)9-17-14-4-3-12(15(18)19)7-11(14)2/h3-8,17H,9H2,1-2H3,(H,18,19). The van der Waals surface area contributed by atoms with Crippen molar-refractivity contribution >= 4 is 11.7 Å². The van der Waals surface area contributed by atoms with Crippen LogP contribution in [0.2, 0.25) is 0 Å². The molecule has 0 radical (unpaired) electrons. The fourth-order valence-corrected chi connectivity index (χ4v) is 1.87. The highest BCUT2D eigenvalue weighted by Crippen LogP contribution is 2.18. The van der Waals surface area contributed by atoms with E-state index in [1.807, 2.05) is 26.1 Å². The van der Waals surface area contributed by atoms with Crippen LogP contribution in [0.4, 0.5) is 5.69 Å². The maximum atomic E-state index is 10.9. The maximum Gasteiger partial charge on any atom is 0.335 e. The van der Waals surface area contributed by atoms with Crippen molar-refractivity contribution in [1.29, 1.82) is 0 Å². The Kier molecular flexibility index (Phi) is 3.80. The number of carboxylic acid groups (broad SMARTS) is 1. The molecule has 0 spiro atoms. The number of aryl methyl sites for hydroxylation is 2. The number of anilines is 1. The van der Waals surface area contributed by atoms with E-state index in [9.17, 15) is 4.79 Å². The highest BCUT2D eigenvalue weighted by atomic mass is 16.4. The van der Waals surface area contributed by atoms with E-state index < -0.39 is 5.97 Å². The molecule has 98 valence electrons. The molecule has 0 unspecified atom stereocenters. The summed E-state index contributed by atoms with van der Waals surface area (Å²) in [5.41, 5.74) is 4.47. The van der Waals surface area contributed by atoms with Gasteiger partial charge in [0, 0.05) is 24.6 Å². The summed E-state index contributed by atoms with van der Waals surface area (Å²) < 4.78 is 0. The molecule has 0 saturated heterocycles. The summed E-state index contributed by atoms with van der Waals surface area (Å²) >= 11 is 0. The molecule has 0 aliphatic heterocycles. The second kappa shape index (κ2) is 5.52. The largest absolute Gasteiger partial charge is 0.478 e. The van der Waals surface area contributed by atoms with Crippen LogP contribution in [-0.4, -0.2) is 16.1 Å². The minimum atomic E-state index is -0.905. The fourth-order valence-electron chi connectivity index (χ4n) is 1.87. The van der Waals surface area contributed by atoms with E-state index >= 15 is 0 Å². The number of aromatic nitrogens is 1. The number of pyridine rings is 1. The van der Waals surface area contributed by atoms with Gasteiger partial charge in [-0.15, -0.1) is 0 Å². The highest BCUT2D eigenvalue weighted by molar-refractivity contribution is 5.88. The van der Waals surface area contributed by atoms with Gasteiger partial charge in [0.05, 0.1) is 5.56 Å². The molecule has 2 rings (SSSR count). The number of aromatic carboxylic acids is 1. The van der Waals surface area contributed by atoms with Crippen molar-refractivity contribution in [2.75, 3.05) is 5.32 Å². The molecule has 0 fully saturated rings. The smallest absolute Gasteiger partial charge is 0.335 e. The van der Waals surface area contributed by atoms with E-state index in [1.54, 1.807) is 24.4 Å². The Balaban J connectivity index is 2.12. The second-order valence-corrected chi connectivity index (χ2v) is 4.49. The average Bonchev–Trinajstić information content (AvgIpc) is 2.39. The number of hydrogen-bond donors (Lipinski definition) is 2. The molecule has 2 aromatic rings. The van der Waals surface area contributed by atoms with Crippen LogP contribution in [0.1, 0.15) is 27.0 Å². The van der Waals surface area contributed by atoms with Crippen LogP contribution in [0.3, 0.4) is 0 Å². The van der Waals surface area contributed by atoms with Crippen molar-refractivity contribution in [2.45, 2.75) is 20.4 Å². The molecule has 0 bridgehead atoms. The van der Waals surface area contributed by atoms with Crippen LogP contribution in [0.5, 0.6) is 0 Å². The predicted octanol–water partition coefficient (Wildman–Crippen LogP) is 3.01. The van der Waals surface area contributed by atoms with Crippen molar-refractivity contribution in [3.63, 3.8) is 0 Å². The molecular formula is C15H16N2O2. The van der Waals surface area contributed by atoms with Crippen LogP contribution >= 0.6 is 0 Å². The molecule has 0 aliphatic carbocycles. The summed E-state index contributed by atoms with van der Waals surface area (Å²) in [7, 11) is 0. The van der Waals surface area contributed by atoms with Gasteiger partial charge >= 0.3 is 5.97 Å². The van der Waals surface area contributed by atoms with Gasteiger partial charge in [0.1, 0.15) is 0 Å². The number of carboxylic acids is 1. The zero-order valence-corrected chi connectivity index (χ0v) is 11.0. The lowest BCUT2D eigenvalue weighted by Crippen LogP contribution is -2.04. The summed E-state index contributed by atoms with van der Waals surface area (Å²) in [6, 6.07) is 7.04. The van der Waals surface area contributed by atoms with Crippen molar-refractivity contribution in [2.24, 2.45) is 0 Å². The third kappa shape index (κ3) is 3.10. The molecule has 1 aromatic heterocycles. The third-order valence-electron chi connectivity index (χ3n) is 3.09. The topological polar surface area (TPSA) is 62.2 Å². The van der Waals surface area contributed by atoms with Crippen LogP contribution in [0.15, 0.2) is 36.7 Å². The van der Waals surface area contributed by atoms with Crippen LogP contribution in [0.25, 0.3) is 0 Å². The molecular weight excluding hydrogens is 240 g/mol. The number of nitrogens with zero attached hydrogens (tertiary/aromatic N) is 1. The van der Waals surface area contributed by atoms with Gasteiger partial charge in [-0.3, -0.25) is 4.98 Å². The van der Waals surface area contributed by atoms with Crippen molar-refractivity contribution in [3.05, 3.63) is 58.9 Å². The number of benzene rings is 1. The summed E-state index contributed by atoms with van der Waals surface area (Å²) in [4.78, 5) is 15.0. The first-order valence-corrected chi connectivity index (χ1v) is 6.05. The first kappa shape index (κ1) is 13.1. The average molecular weight is 256 g/mol. The van der Waals surface area contributed by atoms with Crippen molar-refractivity contribution in [3.8, 4) is 0 Å². The van der Waals surface area contributed by atoms with E-state index in [0.29, 0.717) is 12.1 Å². The summed E-state index contributed by atoms with van der Waals surface area (Å²) in [6.07, 6.45) is 3.61. The summed E-state index contributed by atoms with van der Waals surface area (Å²) in [6.45, 7) is 4.61. The van der Waals surface area contributed by atoms with Gasteiger partial charge in [-0.25, -0.2) is 4.79 Å². The maximum absolute atomic E-state index is 10.9. The summed E-state index contributed by atoms with van der Waals surface area (Å²) in [5, 5.41) is 12.2. The van der Waals surface area contributed by atoms with E-state index in [-0.39, 0.29) is 0 Å². The van der Waals surface area contributed by atoms with Gasteiger partial charge in [-0.1, -0.05) is 0 Å². The second-order valence-electron chi connectivity index (χ2n) is 4.49. The molecule has 4 heteroatoms. The number of rotatable bonds is 4. The van der Waals surface area contributed by atoms with E-state index in [0.717, 1.165) is 16.8 Å². The predicted molar refractivity (Wildman–Crippen MR) is 74.4 cm³/mol. The normalized spacial score (nSPS) is 10.2. The molecule has 0 atom stereocenters. The fraction of sp³-hybridized carbons (Fsp3) is 0.200.